The minimum Gasteiger partial charge on any atom is -0.508 e. The van der Waals surface area contributed by atoms with Crippen molar-refractivity contribution in [3.05, 3.63) is 101 Å². The molecule has 0 bridgehead atoms. The molecule has 7 nitrogen and oxygen atoms in total. The van der Waals surface area contributed by atoms with Crippen LogP contribution in [0.25, 0.3) is 0 Å². The molecule has 2 aliphatic heterocycles. The highest BCUT2D eigenvalue weighted by Gasteiger charge is 2.43. The van der Waals surface area contributed by atoms with Gasteiger partial charge in [-0.15, -0.1) is 0 Å². The van der Waals surface area contributed by atoms with Crippen LogP contribution in [0.15, 0.2) is 72.8 Å². The number of esters is 1. The van der Waals surface area contributed by atoms with Crippen LogP contribution >= 0.6 is 0 Å². The molecule has 3 aliphatic rings. The van der Waals surface area contributed by atoms with Crippen molar-refractivity contribution in [3.8, 4) is 5.75 Å². The predicted octanol–water partition coefficient (Wildman–Crippen LogP) is 5.02. The molecule has 7 heteroatoms. The number of hydrogen-bond donors (Lipinski definition) is 1. The Morgan fingerprint density at radius 2 is 1.60 bits per heavy atom. The van der Waals surface area contributed by atoms with Crippen molar-refractivity contribution < 1.29 is 24.2 Å². The molecule has 3 aromatic rings. The molecular weight excluding hydrogens is 504 g/mol. The minimum absolute atomic E-state index is 0.0643. The Labute approximate surface area is 234 Å². The zero-order valence-corrected chi connectivity index (χ0v) is 22.5. The lowest BCUT2D eigenvalue weighted by atomic mass is 9.77. The number of carbonyl (C=O) groups excluding carboxylic acids is 3. The van der Waals surface area contributed by atoms with E-state index in [-0.39, 0.29) is 36.7 Å². The van der Waals surface area contributed by atoms with Crippen molar-refractivity contribution in [2.45, 2.75) is 51.3 Å². The van der Waals surface area contributed by atoms with E-state index in [1.807, 2.05) is 71.6 Å². The lowest BCUT2D eigenvalue weighted by molar-refractivity contribution is -0.159. The first-order chi connectivity index (χ1) is 19.5. The molecule has 0 aromatic heterocycles. The first-order valence-corrected chi connectivity index (χ1v) is 14.2. The van der Waals surface area contributed by atoms with Crippen LogP contribution < -0.4 is 0 Å². The summed E-state index contributed by atoms with van der Waals surface area (Å²) in [5, 5.41) is 11.0. The molecule has 0 radical (unpaired) electrons. The lowest BCUT2D eigenvalue weighted by Gasteiger charge is -2.42. The van der Waals surface area contributed by atoms with Crippen molar-refractivity contribution in [2.24, 2.45) is 11.8 Å². The van der Waals surface area contributed by atoms with E-state index >= 15 is 0 Å². The number of amides is 2. The Hall–Kier alpha value is -4.13. The minimum atomic E-state index is -0.506. The van der Waals surface area contributed by atoms with E-state index in [1.54, 1.807) is 11.0 Å². The van der Waals surface area contributed by atoms with E-state index in [2.05, 4.69) is 0 Å². The van der Waals surface area contributed by atoms with Gasteiger partial charge < -0.3 is 19.6 Å². The van der Waals surface area contributed by atoms with Crippen LogP contribution in [-0.2, 0) is 33.9 Å². The van der Waals surface area contributed by atoms with Gasteiger partial charge in [-0.25, -0.2) is 0 Å². The van der Waals surface area contributed by atoms with Gasteiger partial charge in [-0.05, 0) is 48.1 Å². The Morgan fingerprint density at radius 3 is 2.40 bits per heavy atom. The molecule has 0 saturated heterocycles. The fraction of sp³-hybridized carbons (Fsp3) is 0.364. The van der Waals surface area contributed by atoms with Gasteiger partial charge in [-0.2, -0.15) is 0 Å². The van der Waals surface area contributed by atoms with Gasteiger partial charge in [0.25, 0.3) is 5.91 Å². The van der Waals surface area contributed by atoms with Crippen LogP contribution in [-0.4, -0.2) is 45.8 Å². The van der Waals surface area contributed by atoms with E-state index in [1.165, 1.54) is 0 Å². The van der Waals surface area contributed by atoms with E-state index in [9.17, 15) is 19.5 Å². The van der Waals surface area contributed by atoms with Gasteiger partial charge in [0.15, 0.2) is 0 Å². The summed E-state index contributed by atoms with van der Waals surface area (Å²) in [5.74, 6) is -1.35. The number of phenols is 1. The van der Waals surface area contributed by atoms with Crippen LogP contribution in [0, 0.1) is 11.8 Å². The number of aromatic hydroxyl groups is 1. The first kappa shape index (κ1) is 26.1. The maximum absolute atomic E-state index is 14.3. The molecule has 0 spiro atoms. The largest absolute Gasteiger partial charge is 0.508 e. The summed E-state index contributed by atoms with van der Waals surface area (Å²) >= 11 is 0. The van der Waals surface area contributed by atoms with Crippen molar-refractivity contribution in [3.63, 3.8) is 0 Å². The summed E-state index contributed by atoms with van der Waals surface area (Å²) in [7, 11) is 0. The van der Waals surface area contributed by atoms with Gasteiger partial charge in [0, 0.05) is 30.8 Å². The van der Waals surface area contributed by atoms with Crippen molar-refractivity contribution in [2.75, 3.05) is 13.1 Å². The molecule has 1 N–H and O–H groups in total. The number of phenolic OH excluding ortho intramolecular Hbond substituents is 1. The number of hydrogen-bond acceptors (Lipinski definition) is 5. The molecule has 1 fully saturated rings. The van der Waals surface area contributed by atoms with E-state index in [4.69, 9.17) is 4.74 Å². The fourth-order valence-corrected chi connectivity index (χ4v) is 6.64. The first-order valence-electron chi connectivity index (χ1n) is 14.2. The highest BCUT2D eigenvalue weighted by Crippen LogP contribution is 2.41. The summed E-state index contributed by atoms with van der Waals surface area (Å²) in [6.45, 7) is 1.40. The third kappa shape index (κ3) is 4.96. The number of nitrogens with zero attached hydrogens (tertiary/aromatic N) is 2. The molecule has 3 atom stereocenters. The maximum atomic E-state index is 14.3. The monoisotopic (exact) mass is 538 g/mol. The van der Waals surface area contributed by atoms with Crippen molar-refractivity contribution in [1.29, 1.82) is 0 Å². The number of carbonyl (C=O) groups is 3. The normalized spacial score (nSPS) is 22.0. The number of fused-ring (bicyclic) bond motifs is 2. The lowest BCUT2D eigenvalue weighted by Crippen LogP contribution is -2.49. The highest BCUT2D eigenvalue weighted by molar-refractivity contribution is 5.98. The quantitative estimate of drug-likeness (QED) is 0.445. The Morgan fingerprint density at radius 1 is 0.875 bits per heavy atom. The van der Waals surface area contributed by atoms with E-state index in [0.717, 1.165) is 29.5 Å². The Balaban J connectivity index is 1.25. The second kappa shape index (κ2) is 11.2. The third-order valence-corrected chi connectivity index (χ3v) is 8.69. The zero-order valence-electron chi connectivity index (χ0n) is 22.5. The van der Waals surface area contributed by atoms with Gasteiger partial charge in [-0.3, -0.25) is 14.4 Å². The summed E-state index contributed by atoms with van der Waals surface area (Å²) in [4.78, 5) is 44.4. The molecule has 3 aromatic carbocycles. The SMILES string of the molecule is O=C(OCc1ccccc1)[C@H]1CCCC[C@H]1C(=O)N1CCc2cccc(O)c2[C@H]1CN1Cc2ccccc2C1=O. The molecule has 0 unspecified atom stereocenters. The van der Waals surface area contributed by atoms with Crippen LogP contribution in [0.4, 0.5) is 0 Å². The standard InChI is InChI=1S/C33H34N2O5/c36-29-16-8-12-23-17-18-35(28(30(23)29)20-34-19-24-11-4-5-13-25(24)31(34)37)32(38)26-14-6-7-15-27(26)33(39)40-21-22-9-2-1-3-10-22/h1-5,8-13,16,26-28,36H,6-7,14-15,17-21H2/t26-,27+,28-/m1/s1. The topological polar surface area (TPSA) is 87.2 Å². The molecule has 2 heterocycles. The number of rotatable bonds is 6. The second-order valence-electron chi connectivity index (χ2n) is 11.1. The average molecular weight is 539 g/mol. The van der Waals surface area contributed by atoms with Crippen LogP contribution in [0.5, 0.6) is 5.75 Å². The fourth-order valence-electron chi connectivity index (χ4n) is 6.64. The zero-order chi connectivity index (χ0) is 27.6. The molecule has 206 valence electrons. The Bertz CT molecular complexity index is 1420. The van der Waals surface area contributed by atoms with Gasteiger partial charge >= 0.3 is 5.97 Å². The summed E-state index contributed by atoms with van der Waals surface area (Å²) in [6, 6.07) is 22.1. The summed E-state index contributed by atoms with van der Waals surface area (Å²) < 4.78 is 5.69. The summed E-state index contributed by atoms with van der Waals surface area (Å²) in [6.07, 6.45) is 3.59. The van der Waals surface area contributed by atoms with Crippen LogP contribution in [0.3, 0.4) is 0 Å². The molecule has 6 rings (SSSR count). The van der Waals surface area contributed by atoms with E-state index in [0.29, 0.717) is 43.5 Å². The molecule has 40 heavy (non-hydrogen) atoms. The number of benzene rings is 3. The van der Waals surface area contributed by atoms with Crippen molar-refractivity contribution in [1.82, 2.24) is 9.80 Å². The van der Waals surface area contributed by atoms with Crippen molar-refractivity contribution >= 4 is 17.8 Å². The van der Waals surface area contributed by atoms with Gasteiger partial charge in [-0.1, -0.05) is 73.5 Å². The second-order valence-corrected chi connectivity index (χ2v) is 11.1. The van der Waals surface area contributed by atoms with Gasteiger partial charge in [0.2, 0.25) is 5.91 Å². The molecule has 1 saturated carbocycles. The molecule has 1 aliphatic carbocycles. The third-order valence-electron chi connectivity index (χ3n) is 8.69. The molecule has 2 amide bonds. The maximum Gasteiger partial charge on any atom is 0.310 e. The predicted molar refractivity (Wildman–Crippen MR) is 149 cm³/mol. The smallest absolute Gasteiger partial charge is 0.310 e. The Kier molecular flexibility index (Phi) is 7.29. The van der Waals surface area contributed by atoms with Crippen LogP contribution in [0.2, 0.25) is 0 Å². The average Bonchev–Trinajstić information content (AvgIpc) is 3.31. The number of ether oxygens (including phenoxy) is 1. The summed E-state index contributed by atoms with van der Waals surface area (Å²) in [5.41, 5.74) is 4.24. The van der Waals surface area contributed by atoms with Gasteiger partial charge in [0.05, 0.1) is 17.9 Å². The van der Waals surface area contributed by atoms with Gasteiger partial charge in [0.1, 0.15) is 12.4 Å². The van der Waals surface area contributed by atoms with E-state index < -0.39 is 17.9 Å². The highest BCUT2D eigenvalue weighted by atomic mass is 16.5. The molecular formula is C33H34N2O5. The van der Waals surface area contributed by atoms with Crippen LogP contribution in [0.1, 0.15) is 64.3 Å².